The zero-order chi connectivity index (χ0) is 57.1. The fourth-order valence-electron chi connectivity index (χ4n) is 8.79. The molecule has 0 aromatic rings. The van der Waals surface area contributed by atoms with Crippen molar-refractivity contribution < 1.29 is 28.6 Å². The quantitative estimate of drug-likeness (QED) is 0.0261. The second kappa shape index (κ2) is 66.1. The number of unbranched alkanes of at least 4 members (excludes halogenated alkanes) is 25. The molecule has 0 aromatic carbocycles. The van der Waals surface area contributed by atoms with Crippen LogP contribution in [0.5, 0.6) is 0 Å². The van der Waals surface area contributed by atoms with Gasteiger partial charge in [0.15, 0.2) is 6.10 Å². The van der Waals surface area contributed by atoms with Gasteiger partial charge in [0.1, 0.15) is 13.2 Å². The van der Waals surface area contributed by atoms with Crippen LogP contribution in [0.4, 0.5) is 0 Å². The standard InChI is InChI=1S/C73H120O6/c1-4-7-10-13-16-19-22-25-28-31-33-35-36-38-39-42-45-48-51-54-57-60-63-66-72(75)78-69-70(68-77-71(74)65-62-59-56-53-50-47-44-41-30-27-24-21-18-15-12-9-6-3)79-73(76)67-64-61-58-55-52-49-46-43-40-37-34-32-29-26-23-20-17-14-11-8-5-2/h7,9-10,12,16,18-19,21,25,27-28,30,32-35,38-39,45,48,54,57,70H,4-6,8,11,13-15,17,20,22-24,26,29,31,36-37,40-44,46-47,49-53,55-56,58-69H2,1-3H3/b10-7-,12-9-,19-16-,21-18-,28-25-,30-27-,34-32-,35-33-,39-38-,48-45-,57-54-. The van der Waals surface area contributed by atoms with Gasteiger partial charge in [-0.25, -0.2) is 0 Å². The van der Waals surface area contributed by atoms with Crippen LogP contribution in [-0.2, 0) is 28.6 Å². The van der Waals surface area contributed by atoms with Gasteiger partial charge in [0.05, 0.1) is 0 Å². The van der Waals surface area contributed by atoms with E-state index in [0.717, 1.165) is 116 Å². The number of hydrogen-bond acceptors (Lipinski definition) is 6. The van der Waals surface area contributed by atoms with E-state index < -0.39 is 6.10 Å². The van der Waals surface area contributed by atoms with Gasteiger partial charge in [-0.15, -0.1) is 0 Å². The zero-order valence-corrected chi connectivity index (χ0v) is 51.3. The SMILES string of the molecule is CC/C=C\C/C=C\C/C=C\C/C=C\C/C=C\C/C=C\C/C=C\CCCC(=O)OCC(COC(=O)CCCCCCCCC/C=C\C/C=C\C/C=C\CC)OC(=O)CCCCCCCCCCC/C=C\CCCCCCCCCC. The van der Waals surface area contributed by atoms with E-state index in [2.05, 4.69) is 154 Å². The third-order valence-corrected chi connectivity index (χ3v) is 13.6. The lowest BCUT2D eigenvalue weighted by Gasteiger charge is -2.18. The number of ether oxygens (including phenoxy) is 3. The summed E-state index contributed by atoms with van der Waals surface area (Å²) in [5, 5.41) is 0. The Morgan fingerprint density at radius 2 is 0.506 bits per heavy atom. The van der Waals surface area contributed by atoms with Crippen LogP contribution < -0.4 is 0 Å². The highest BCUT2D eigenvalue weighted by Gasteiger charge is 2.19. The van der Waals surface area contributed by atoms with Gasteiger partial charge in [-0.05, 0) is 128 Å². The molecule has 448 valence electrons. The van der Waals surface area contributed by atoms with Crippen molar-refractivity contribution in [2.75, 3.05) is 13.2 Å². The third-order valence-electron chi connectivity index (χ3n) is 13.6. The van der Waals surface area contributed by atoms with Crippen LogP contribution in [0, 0.1) is 0 Å². The second-order valence-corrected chi connectivity index (χ2v) is 21.3. The van der Waals surface area contributed by atoms with Gasteiger partial charge in [-0.3, -0.25) is 14.4 Å². The Balaban J connectivity index is 4.50. The molecule has 0 heterocycles. The summed E-state index contributed by atoms with van der Waals surface area (Å²) in [6.07, 6.45) is 93.2. The summed E-state index contributed by atoms with van der Waals surface area (Å²) < 4.78 is 16.9. The Morgan fingerprint density at radius 1 is 0.266 bits per heavy atom. The van der Waals surface area contributed by atoms with E-state index in [0.29, 0.717) is 19.3 Å². The van der Waals surface area contributed by atoms with Gasteiger partial charge >= 0.3 is 17.9 Å². The number of hydrogen-bond donors (Lipinski definition) is 0. The van der Waals surface area contributed by atoms with Crippen molar-refractivity contribution in [1.82, 2.24) is 0 Å². The van der Waals surface area contributed by atoms with Crippen LogP contribution in [-0.4, -0.2) is 37.2 Å². The molecule has 1 atom stereocenters. The Labute approximate surface area is 487 Å². The van der Waals surface area contributed by atoms with Crippen molar-refractivity contribution in [3.05, 3.63) is 134 Å². The maximum Gasteiger partial charge on any atom is 0.306 e. The molecule has 0 aliphatic rings. The first-order valence-corrected chi connectivity index (χ1v) is 32.7. The summed E-state index contributed by atoms with van der Waals surface area (Å²) in [6, 6.07) is 0. The molecule has 6 nitrogen and oxygen atoms in total. The number of carbonyl (C=O) groups excluding carboxylic acids is 3. The topological polar surface area (TPSA) is 78.9 Å². The van der Waals surface area contributed by atoms with E-state index in [4.69, 9.17) is 14.2 Å². The number of carbonyl (C=O) groups is 3. The molecule has 0 bridgehead atoms. The summed E-state index contributed by atoms with van der Waals surface area (Å²) in [4.78, 5) is 38.4. The highest BCUT2D eigenvalue weighted by atomic mass is 16.6. The van der Waals surface area contributed by atoms with E-state index in [-0.39, 0.29) is 37.5 Å². The lowest BCUT2D eigenvalue weighted by molar-refractivity contribution is -0.167. The third kappa shape index (κ3) is 64.3. The fraction of sp³-hybridized carbons (Fsp3) is 0.658. The Morgan fingerprint density at radius 3 is 0.835 bits per heavy atom. The van der Waals surface area contributed by atoms with E-state index in [9.17, 15) is 14.4 Å². The first kappa shape index (κ1) is 74.5. The molecule has 0 fully saturated rings. The highest BCUT2D eigenvalue weighted by Crippen LogP contribution is 2.15. The summed E-state index contributed by atoms with van der Waals surface area (Å²) >= 11 is 0. The lowest BCUT2D eigenvalue weighted by atomic mass is 10.1. The average Bonchev–Trinajstić information content (AvgIpc) is 3.45. The van der Waals surface area contributed by atoms with Crippen LogP contribution in [0.15, 0.2) is 134 Å². The summed E-state index contributed by atoms with van der Waals surface area (Å²) in [6.45, 7) is 6.37. The first-order valence-electron chi connectivity index (χ1n) is 32.7. The molecule has 0 aliphatic heterocycles. The van der Waals surface area contributed by atoms with Gasteiger partial charge in [0.2, 0.25) is 0 Å². The fourth-order valence-corrected chi connectivity index (χ4v) is 8.79. The molecule has 6 heteroatoms. The molecule has 0 spiro atoms. The van der Waals surface area contributed by atoms with Crippen molar-refractivity contribution in [3.63, 3.8) is 0 Å². The van der Waals surface area contributed by atoms with Gasteiger partial charge in [-0.1, -0.05) is 276 Å². The van der Waals surface area contributed by atoms with E-state index in [1.165, 1.54) is 128 Å². The van der Waals surface area contributed by atoms with Crippen LogP contribution >= 0.6 is 0 Å². The van der Waals surface area contributed by atoms with E-state index in [1.54, 1.807) is 0 Å². The minimum absolute atomic E-state index is 0.105. The van der Waals surface area contributed by atoms with Gasteiger partial charge in [0, 0.05) is 19.3 Å². The molecule has 79 heavy (non-hydrogen) atoms. The average molecular weight is 1090 g/mol. The lowest BCUT2D eigenvalue weighted by Crippen LogP contribution is -2.30. The smallest absolute Gasteiger partial charge is 0.306 e. The normalized spacial score (nSPS) is 13.0. The minimum Gasteiger partial charge on any atom is -0.462 e. The molecule has 0 radical (unpaired) electrons. The van der Waals surface area contributed by atoms with Gasteiger partial charge in [-0.2, -0.15) is 0 Å². The molecule has 1 unspecified atom stereocenters. The summed E-state index contributed by atoms with van der Waals surface area (Å²) in [5.41, 5.74) is 0. The number of esters is 3. The van der Waals surface area contributed by atoms with Crippen LogP contribution in [0.3, 0.4) is 0 Å². The van der Waals surface area contributed by atoms with Crippen LogP contribution in [0.1, 0.15) is 290 Å². The Bertz CT molecular complexity index is 1680. The monoisotopic (exact) mass is 1090 g/mol. The molecular weight excluding hydrogens is 973 g/mol. The molecule has 0 saturated heterocycles. The van der Waals surface area contributed by atoms with E-state index in [1.807, 2.05) is 0 Å². The van der Waals surface area contributed by atoms with Gasteiger partial charge in [0.25, 0.3) is 0 Å². The molecular formula is C73H120O6. The van der Waals surface area contributed by atoms with Crippen molar-refractivity contribution >= 4 is 17.9 Å². The van der Waals surface area contributed by atoms with Crippen LogP contribution in [0.2, 0.25) is 0 Å². The Hall–Kier alpha value is -4.45. The number of allylic oxidation sites excluding steroid dienone is 22. The zero-order valence-electron chi connectivity index (χ0n) is 51.3. The maximum absolute atomic E-state index is 12.9. The maximum atomic E-state index is 12.9. The van der Waals surface area contributed by atoms with Crippen molar-refractivity contribution in [3.8, 4) is 0 Å². The highest BCUT2D eigenvalue weighted by molar-refractivity contribution is 5.71. The minimum atomic E-state index is -0.814. The molecule has 0 saturated carbocycles. The van der Waals surface area contributed by atoms with Crippen LogP contribution in [0.25, 0.3) is 0 Å². The molecule has 0 rings (SSSR count). The first-order chi connectivity index (χ1) is 39.0. The Kier molecular flexibility index (Phi) is 62.3. The van der Waals surface area contributed by atoms with Crippen molar-refractivity contribution in [2.45, 2.75) is 297 Å². The predicted molar refractivity (Wildman–Crippen MR) is 343 cm³/mol. The molecule has 0 aliphatic carbocycles. The second-order valence-electron chi connectivity index (χ2n) is 21.3. The van der Waals surface area contributed by atoms with Gasteiger partial charge < -0.3 is 14.2 Å². The summed E-state index contributed by atoms with van der Waals surface area (Å²) in [7, 11) is 0. The largest absolute Gasteiger partial charge is 0.462 e. The molecule has 0 amide bonds. The molecule has 0 aromatic heterocycles. The predicted octanol–water partition coefficient (Wildman–Crippen LogP) is 22.5. The molecule has 0 N–H and O–H groups in total. The summed E-state index contributed by atoms with van der Waals surface area (Å²) in [5.74, 6) is -0.974. The van der Waals surface area contributed by atoms with E-state index >= 15 is 0 Å². The van der Waals surface area contributed by atoms with Crippen molar-refractivity contribution in [1.29, 1.82) is 0 Å². The van der Waals surface area contributed by atoms with Crippen molar-refractivity contribution in [2.24, 2.45) is 0 Å². The number of rotatable bonds is 58.